The maximum absolute atomic E-state index is 6.67. The molecule has 0 unspecified atom stereocenters. The average molecular weight is 223 g/mol. The van der Waals surface area contributed by atoms with Crippen LogP contribution in [-0.4, -0.2) is 6.54 Å². The van der Waals surface area contributed by atoms with Gasteiger partial charge in [0.05, 0.1) is 0 Å². The van der Waals surface area contributed by atoms with Gasteiger partial charge in [-0.1, -0.05) is 59.3 Å². The van der Waals surface area contributed by atoms with Gasteiger partial charge in [-0.25, -0.2) is 6.57 Å². The Morgan fingerprint density at radius 2 is 1.19 bits per heavy atom. The molecule has 0 fully saturated rings. The highest BCUT2D eigenvalue weighted by Crippen LogP contribution is 2.22. The molecule has 0 atom stereocenters. The lowest BCUT2D eigenvalue weighted by molar-refractivity contribution is 0.356. The second kappa shape index (κ2) is 9.70. The molecule has 0 aromatic heterocycles. The van der Waals surface area contributed by atoms with Crippen molar-refractivity contribution in [2.24, 2.45) is 5.41 Å². The molecular formula is C15H29N. The van der Waals surface area contributed by atoms with Crippen molar-refractivity contribution in [3.63, 3.8) is 0 Å². The van der Waals surface area contributed by atoms with Gasteiger partial charge in [-0.3, -0.25) is 0 Å². The van der Waals surface area contributed by atoms with Crippen molar-refractivity contribution in [2.75, 3.05) is 6.54 Å². The van der Waals surface area contributed by atoms with E-state index in [-0.39, 0.29) is 0 Å². The molecule has 0 rings (SSSR count). The first-order valence-corrected chi connectivity index (χ1v) is 6.89. The molecule has 1 heteroatoms. The minimum absolute atomic E-state index is 0.514. The van der Waals surface area contributed by atoms with E-state index < -0.39 is 0 Å². The number of rotatable bonds is 9. The summed E-state index contributed by atoms with van der Waals surface area (Å²) < 4.78 is 0. The van der Waals surface area contributed by atoms with Gasteiger partial charge in [0, 0.05) is 6.42 Å². The Bertz CT molecular complexity index is 183. The summed E-state index contributed by atoms with van der Waals surface area (Å²) in [5, 5.41) is 0. The van der Waals surface area contributed by atoms with Crippen LogP contribution < -0.4 is 0 Å². The average Bonchev–Trinajstić information content (AvgIpc) is 2.19. The van der Waals surface area contributed by atoms with Crippen LogP contribution in [0.15, 0.2) is 0 Å². The second-order valence-corrected chi connectivity index (χ2v) is 6.02. The van der Waals surface area contributed by atoms with Crippen LogP contribution in [0.4, 0.5) is 0 Å². The summed E-state index contributed by atoms with van der Waals surface area (Å²) in [5.41, 5.74) is 0.514. The second-order valence-electron chi connectivity index (χ2n) is 6.02. The topological polar surface area (TPSA) is 4.36 Å². The van der Waals surface area contributed by atoms with Gasteiger partial charge in [0.25, 0.3) is 0 Å². The highest BCUT2D eigenvalue weighted by Gasteiger charge is 2.08. The normalized spacial score (nSPS) is 11.4. The van der Waals surface area contributed by atoms with Crippen molar-refractivity contribution in [2.45, 2.75) is 78.6 Å². The van der Waals surface area contributed by atoms with E-state index in [9.17, 15) is 0 Å². The fraction of sp³-hybridized carbons (Fsp3) is 0.933. The van der Waals surface area contributed by atoms with E-state index in [1.54, 1.807) is 0 Å². The van der Waals surface area contributed by atoms with Gasteiger partial charge in [-0.15, -0.1) is 0 Å². The molecule has 0 aliphatic heterocycles. The number of nitrogens with zero attached hydrogens (tertiary/aromatic N) is 1. The molecule has 0 heterocycles. The lowest BCUT2D eigenvalue weighted by Crippen LogP contribution is -2.03. The van der Waals surface area contributed by atoms with E-state index in [2.05, 4.69) is 25.6 Å². The molecule has 16 heavy (non-hydrogen) atoms. The summed E-state index contributed by atoms with van der Waals surface area (Å²) in [7, 11) is 0. The van der Waals surface area contributed by atoms with Gasteiger partial charge in [-0.2, -0.15) is 0 Å². The van der Waals surface area contributed by atoms with Crippen molar-refractivity contribution < 1.29 is 0 Å². The summed E-state index contributed by atoms with van der Waals surface area (Å²) in [6.45, 7) is 14.4. The maximum atomic E-state index is 6.67. The monoisotopic (exact) mass is 223 g/mol. The maximum Gasteiger partial charge on any atom is 0.214 e. The smallest absolute Gasteiger partial charge is 0.214 e. The third-order valence-electron chi connectivity index (χ3n) is 2.95. The lowest BCUT2D eigenvalue weighted by Gasteiger charge is -2.17. The number of hydrogen-bond donors (Lipinski definition) is 0. The van der Waals surface area contributed by atoms with Crippen molar-refractivity contribution in [1.82, 2.24) is 0 Å². The Morgan fingerprint density at radius 1 is 0.750 bits per heavy atom. The lowest BCUT2D eigenvalue weighted by atomic mass is 9.89. The zero-order valence-electron chi connectivity index (χ0n) is 11.5. The van der Waals surface area contributed by atoms with Crippen LogP contribution in [0, 0.1) is 12.0 Å². The Morgan fingerprint density at radius 3 is 1.62 bits per heavy atom. The first-order chi connectivity index (χ1) is 7.56. The van der Waals surface area contributed by atoms with Gasteiger partial charge >= 0.3 is 0 Å². The zero-order valence-corrected chi connectivity index (χ0v) is 11.5. The molecule has 0 aliphatic carbocycles. The summed E-state index contributed by atoms with van der Waals surface area (Å²) in [5.74, 6) is 0. The van der Waals surface area contributed by atoms with E-state index in [0.29, 0.717) is 5.41 Å². The largest absolute Gasteiger partial charge is 0.317 e. The molecule has 94 valence electrons. The van der Waals surface area contributed by atoms with Crippen LogP contribution in [-0.2, 0) is 0 Å². The predicted octanol–water partition coefficient (Wildman–Crippen LogP) is 5.46. The Labute approximate surface area is 102 Å². The highest BCUT2D eigenvalue weighted by molar-refractivity contribution is 4.61. The van der Waals surface area contributed by atoms with Crippen LogP contribution >= 0.6 is 0 Å². The molecule has 0 aliphatic rings. The van der Waals surface area contributed by atoms with Crippen molar-refractivity contribution in [3.05, 3.63) is 11.4 Å². The van der Waals surface area contributed by atoms with E-state index in [1.165, 1.54) is 51.4 Å². The summed E-state index contributed by atoms with van der Waals surface area (Å²) in [6.07, 6.45) is 12.0. The summed E-state index contributed by atoms with van der Waals surface area (Å²) in [6, 6.07) is 0. The van der Waals surface area contributed by atoms with Crippen molar-refractivity contribution in [1.29, 1.82) is 0 Å². The molecule has 1 nitrogen and oxygen atoms in total. The van der Waals surface area contributed by atoms with Crippen molar-refractivity contribution in [3.8, 4) is 0 Å². The highest BCUT2D eigenvalue weighted by atomic mass is 14.6. The van der Waals surface area contributed by atoms with Gasteiger partial charge < -0.3 is 4.85 Å². The standard InChI is InChI=1S/C15H29N/c1-15(2,3)13-11-9-7-5-6-8-10-12-14-16-4/h5-14H2,1-3H3. The Balaban J connectivity index is 3.02. The fourth-order valence-electron chi connectivity index (χ4n) is 1.91. The van der Waals surface area contributed by atoms with Gasteiger partial charge in [0.15, 0.2) is 0 Å². The molecule has 0 saturated heterocycles. The van der Waals surface area contributed by atoms with Gasteiger partial charge in [0.1, 0.15) is 0 Å². The summed E-state index contributed by atoms with van der Waals surface area (Å²) >= 11 is 0. The predicted molar refractivity (Wildman–Crippen MR) is 72.5 cm³/mol. The Kier molecular flexibility index (Phi) is 9.39. The summed E-state index contributed by atoms with van der Waals surface area (Å²) in [4.78, 5) is 3.37. The molecular weight excluding hydrogens is 194 g/mol. The molecule has 0 N–H and O–H groups in total. The van der Waals surface area contributed by atoms with Crippen LogP contribution in [0.1, 0.15) is 78.6 Å². The van der Waals surface area contributed by atoms with Gasteiger partial charge in [0.2, 0.25) is 6.54 Å². The fourth-order valence-corrected chi connectivity index (χ4v) is 1.91. The molecule has 0 radical (unpaired) electrons. The Hall–Kier alpha value is -0.510. The minimum atomic E-state index is 0.514. The quantitative estimate of drug-likeness (QED) is 0.361. The van der Waals surface area contributed by atoms with E-state index in [1.807, 2.05) is 0 Å². The molecule has 0 spiro atoms. The SMILES string of the molecule is [C-]#[N+]CCCCCCCCCCC(C)(C)C. The van der Waals surface area contributed by atoms with E-state index in [0.717, 1.165) is 13.0 Å². The number of hydrogen-bond acceptors (Lipinski definition) is 0. The van der Waals surface area contributed by atoms with E-state index >= 15 is 0 Å². The van der Waals surface area contributed by atoms with E-state index in [4.69, 9.17) is 6.57 Å². The molecule has 0 bridgehead atoms. The zero-order chi connectivity index (χ0) is 12.3. The third kappa shape index (κ3) is 13.5. The molecule has 0 amide bonds. The first kappa shape index (κ1) is 15.5. The van der Waals surface area contributed by atoms with Crippen LogP contribution in [0.5, 0.6) is 0 Å². The number of unbranched alkanes of at least 4 members (excludes halogenated alkanes) is 7. The van der Waals surface area contributed by atoms with Crippen LogP contribution in [0.3, 0.4) is 0 Å². The molecule has 0 aromatic carbocycles. The van der Waals surface area contributed by atoms with Crippen molar-refractivity contribution >= 4 is 0 Å². The van der Waals surface area contributed by atoms with Crippen LogP contribution in [0.25, 0.3) is 4.85 Å². The molecule has 0 aromatic rings. The minimum Gasteiger partial charge on any atom is -0.317 e. The molecule has 0 saturated carbocycles. The third-order valence-corrected chi connectivity index (χ3v) is 2.95. The van der Waals surface area contributed by atoms with Crippen LogP contribution in [0.2, 0.25) is 0 Å². The van der Waals surface area contributed by atoms with Gasteiger partial charge in [-0.05, 0) is 18.3 Å². The first-order valence-electron chi connectivity index (χ1n) is 6.89.